The highest BCUT2D eigenvalue weighted by molar-refractivity contribution is 5.47. The normalized spacial score (nSPS) is 10.7. The Balaban J connectivity index is 2.17. The quantitative estimate of drug-likeness (QED) is 0.860. The van der Waals surface area contributed by atoms with Gasteiger partial charge >= 0.3 is 0 Å². The van der Waals surface area contributed by atoms with Gasteiger partial charge in [-0.3, -0.25) is 4.68 Å². The molecule has 0 saturated heterocycles. The summed E-state index contributed by atoms with van der Waals surface area (Å²) < 4.78 is 29.0. The summed E-state index contributed by atoms with van der Waals surface area (Å²) in [6.07, 6.45) is 2.66. The molecule has 0 aromatic carbocycles. The standard InChI is InChI=1S/C14H19F2N5/c1-4-12-9(8-21(3)20-12)7-18-14-11(16)6-10(15)13(19-14)17-5-2/h6,8H,4-5,7H2,1-3H3,(H2,17,18,19). The second-order valence-electron chi connectivity index (χ2n) is 4.66. The lowest BCUT2D eigenvalue weighted by molar-refractivity contribution is 0.578. The van der Waals surface area contributed by atoms with Gasteiger partial charge in [0, 0.05) is 38.0 Å². The summed E-state index contributed by atoms with van der Waals surface area (Å²) in [6.45, 7) is 4.72. The summed E-state index contributed by atoms with van der Waals surface area (Å²) in [5.41, 5.74) is 1.91. The van der Waals surface area contributed by atoms with Crippen LogP contribution in [0.15, 0.2) is 12.3 Å². The molecule has 5 nitrogen and oxygen atoms in total. The van der Waals surface area contributed by atoms with E-state index in [0.29, 0.717) is 13.1 Å². The van der Waals surface area contributed by atoms with Crippen molar-refractivity contribution in [1.29, 1.82) is 0 Å². The predicted molar refractivity (Wildman–Crippen MR) is 78.2 cm³/mol. The molecule has 0 unspecified atom stereocenters. The molecule has 114 valence electrons. The predicted octanol–water partition coefficient (Wildman–Crippen LogP) is 2.70. The Labute approximate surface area is 122 Å². The summed E-state index contributed by atoms with van der Waals surface area (Å²) in [7, 11) is 1.84. The van der Waals surface area contributed by atoms with Crippen molar-refractivity contribution in [3.05, 3.63) is 35.2 Å². The maximum absolute atomic E-state index is 13.7. The lowest BCUT2D eigenvalue weighted by Crippen LogP contribution is -2.09. The molecule has 0 amide bonds. The second-order valence-corrected chi connectivity index (χ2v) is 4.66. The molecule has 0 atom stereocenters. The summed E-state index contributed by atoms with van der Waals surface area (Å²) in [5.74, 6) is -1.34. The summed E-state index contributed by atoms with van der Waals surface area (Å²) in [4.78, 5) is 3.94. The van der Waals surface area contributed by atoms with Crippen molar-refractivity contribution in [1.82, 2.24) is 14.8 Å². The molecular weight excluding hydrogens is 276 g/mol. The SMILES string of the molecule is CCNc1nc(NCc2cn(C)nc2CC)c(F)cc1F. The van der Waals surface area contributed by atoms with E-state index >= 15 is 0 Å². The van der Waals surface area contributed by atoms with Crippen LogP contribution in [-0.4, -0.2) is 21.3 Å². The number of nitrogens with zero attached hydrogens (tertiary/aromatic N) is 3. The molecule has 2 aromatic rings. The van der Waals surface area contributed by atoms with Crippen molar-refractivity contribution in [2.75, 3.05) is 17.2 Å². The fraction of sp³-hybridized carbons (Fsp3) is 0.429. The fourth-order valence-electron chi connectivity index (χ4n) is 2.09. The lowest BCUT2D eigenvalue weighted by atomic mass is 10.2. The van der Waals surface area contributed by atoms with Crippen LogP contribution in [0.5, 0.6) is 0 Å². The molecule has 21 heavy (non-hydrogen) atoms. The third-order valence-electron chi connectivity index (χ3n) is 3.05. The van der Waals surface area contributed by atoms with E-state index in [9.17, 15) is 8.78 Å². The lowest BCUT2D eigenvalue weighted by Gasteiger charge is -2.10. The molecule has 2 rings (SSSR count). The van der Waals surface area contributed by atoms with Crippen LogP contribution in [0, 0.1) is 11.6 Å². The molecule has 0 fully saturated rings. The average molecular weight is 295 g/mol. The monoisotopic (exact) mass is 295 g/mol. The number of aryl methyl sites for hydroxylation is 2. The topological polar surface area (TPSA) is 54.8 Å². The van der Waals surface area contributed by atoms with E-state index in [1.807, 2.05) is 27.1 Å². The van der Waals surface area contributed by atoms with Crippen LogP contribution in [0.3, 0.4) is 0 Å². The first-order valence-electron chi connectivity index (χ1n) is 6.90. The van der Waals surface area contributed by atoms with E-state index in [-0.39, 0.29) is 11.6 Å². The van der Waals surface area contributed by atoms with Gasteiger partial charge in [-0.2, -0.15) is 5.10 Å². The Morgan fingerprint density at radius 3 is 2.43 bits per heavy atom. The Kier molecular flexibility index (Phi) is 4.72. The Morgan fingerprint density at radius 2 is 1.81 bits per heavy atom. The van der Waals surface area contributed by atoms with Crippen molar-refractivity contribution < 1.29 is 8.78 Å². The first kappa shape index (κ1) is 15.2. The third-order valence-corrected chi connectivity index (χ3v) is 3.05. The Morgan fingerprint density at radius 1 is 1.14 bits per heavy atom. The zero-order chi connectivity index (χ0) is 15.4. The van der Waals surface area contributed by atoms with E-state index in [2.05, 4.69) is 20.7 Å². The van der Waals surface area contributed by atoms with Crippen molar-refractivity contribution in [2.45, 2.75) is 26.8 Å². The Bertz CT molecular complexity index is 624. The van der Waals surface area contributed by atoms with Crippen LogP contribution in [0.4, 0.5) is 20.4 Å². The van der Waals surface area contributed by atoms with E-state index in [1.54, 1.807) is 4.68 Å². The van der Waals surface area contributed by atoms with Gasteiger partial charge in [0.15, 0.2) is 23.3 Å². The molecule has 2 aromatic heterocycles. The molecule has 0 aliphatic heterocycles. The van der Waals surface area contributed by atoms with Crippen molar-refractivity contribution in [3.8, 4) is 0 Å². The third kappa shape index (κ3) is 3.48. The van der Waals surface area contributed by atoms with Gasteiger partial charge in [0.1, 0.15) is 0 Å². The minimum Gasteiger partial charge on any atom is -0.368 e. The minimum atomic E-state index is -0.712. The summed E-state index contributed by atoms with van der Waals surface area (Å²) in [6, 6.07) is 0.831. The van der Waals surface area contributed by atoms with Gasteiger partial charge in [0.2, 0.25) is 0 Å². The molecule has 7 heteroatoms. The largest absolute Gasteiger partial charge is 0.368 e. The van der Waals surface area contributed by atoms with Crippen molar-refractivity contribution >= 4 is 11.6 Å². The van der Waals surface area contributed by atoms with Crippen molar-refractivity contribution in [3.63, 3.8) is 0 Å². The first-order chi connectivity index (χ1) is 10.0. The number of halogens is 2. The molecular formula is C14H19F2N5. The molecule has 0 aliphatic rings. The van der Waals surface area contributed by atoms with Gasteiger partial charge in [-0.25, -0.2) is 13.8 Å². The zero-order valence-electron chi connectivity index (χ0n) is 12.4. The van der Waals surface area contributed by atoms with Crippen molar-refractivity contribution in [2.24, 2.45) is 7.05 Å². The van der Waals surface area contributed by atoms with Crippen LogP contribution < -0.4 is 10.6 Å². The zero-order valence-corrected chi connectivity index (χ0v) is 12.4. The van der Waals surface area contributed by atoms with Gasteiger partial charge < -0.3 is 10.6 Å². The van der Waals surface area contributed by atoms with Crippen LogP contribution in [0.2, 0.25) is 0 Å². The van der Waals surface area contributed by atoms with Gasteiger partial charge in [-0.1, -0.05) is 6.92 Å². The minimum absolute atomic E-state index is 0.0262. The molecule has 0 saturated carbocycles. The van der Waals surface area contributed by atoms with Gasteiger partial charge in [0.25, 0.3) is 0 Å². The molecule has 0 aliphatic carbocycles. The maximum Gasteiger partial charge on any atom is 0.168 e. The summed E-state index contributed by atoms with van der Waals surface area (Å²) in [5, 5.41) is 9.97. The number of rotatable bonds is 6. The average Bonchev–Trinajstić information content (AvgIpc) is 2.81. The first-order valence-corrected chi connectivity index (χ1v) is 6.90. The highest BCUT2D eigenvalue weighted by Gasteiger charge is 2.12. The molecule has 2 N–H and O–H groups in total. The van der Waals surface area contributed by atoms with Crippen LogP contribution in [0.1, 0.15) is 25.1 Å². The Hall–Kier alpha value is -2.18. The van der Waals surface area contributed by atoms with Gasteiger partial charge in [0.05, 0.1) is 5.69 Å². The van der Waals surface area contributed by atoms with Crippen LogP contribution >= 0.6 is 0 Å². The highest BCUT2D eigenvalue weighted by Crippen LogP contribution is 2.20. The van der Waals surface area contributed by atoms with E-state index in [4.69, 9.17) is 0 Å². The number of aromatic nitrogens is 3. The smallest absolute Gasteiger partial charge is 0.168 e. The highest BCUT2D eigenvalue weighted by atomic mass is 19.1. The van der Waals surface area contributed by atoms with Crippen LogP contribution in [0.25, 0.3) is 0 Å². The van der Waals surface area contributed by atoms with E-state index in [1.165, 1.54) is 0 Å². The second kappa shape index (κ2) is 6.51. The number of hydrogen-bond acceptors (Lipinski definition) is 4. The molecule has 2 heterocycles. The number of hydrogen-bond donors (Lipinski definition) is 2. The van der Waals surface area contributed by atoms with E-state index < -0.39 is 11.6 Å². The number of nitrogens with one attached hydrogen (secondary N) is 2. The molecule has 0 bridgehead atoms. The number of anilines is 2. The van der Waals surface area contributed by atoms with Gasteiger partial charge in [-0.15, -0.1) is 0 Å². The number of pyridine rings is 1. The van der Waals surface area contributed by atoms with Crippen LogP contribution in [-0.2, 0) is 20.0 Å². The van der Waals surface area contributed by atoms with E-state index in [0.717, 1.165) is 23.7 Å². The summed E-state index contributed by atoms with van der Waals surface area (Å²) >= 11 is 0. The van der Waals surface area contributed by atoms with Gasteiger partial charge in [-0.05, 0) is 13.3 Å². The molecule has 0 spiro atoms. The molecule has 0 radical (unpaired) electrons. The maximum atomic E-state index is 13.7. The fourth-order valence-corrected chi connectivity index (χ4v) is 2.09.